The predicted octanol–water partition coefficient (Wildman–Crippen LogP) is 2.30. The fraction of sp³-hybridized carbons (Fsp3) is 0.625. The van der Waals surface area contributed by atoms with Gasteiger partial charge in [0.25, 0.3) is 0 Å². The Morgan fingerprint density at radius 3 is 2.47 bits per heavy atom. The minimum atomic E-state index is -3.14. The Kier molecular flexibility index (Phi) is 6.14. The van der Waals surface area contributed by atoms with Gasteiger partial charge < -0.3 is 15.1 Å². The van der Waals surface area contributed by atoms with Crippen LogP contribution in [0.15, 0.2) is 24.4 Å². The molecule has 0 aliphatic carbocycles. The second-order valence-electron chi connectivity index (χ2n) is 10.2. The van der Waals surface area contributed by atoms with Gasteiger partial charge in [-0.25, -0.2) is 22.7 Å². The van der Waals surface area contributed by atoms with E-state index in [-0.39, 0.29) is 17.4 Å². The van der Waals surface area contributed by atoms with Gasteiger partial charge in [0.05, 0.1) is 17.5 Å². The van der Waals surface area contributed by atoms with E-state index in [1.165, 1.54) is 10.6 Å². The van der Waals surface area contributed by atoms with Crippen LogP contribution < -0.4 is 10.2 Å². The maximum absolute atomic E-state index is 11.8. The lowest BCUT2D eigenvalue weighted by molar-refractivity contribution is -0.130. The molecule has 0 bridgehead atoms. The first-order valence-electron chi connectivity index (χ1n) is 12.2. The van der Waals surface area contributed by atoms with Crippen LogP contribution in [0, 0.1) is 5.41 Å². The molecule has 2 aromatic rings. The van der Waals surface area contributed by atoms with Gasteiger partial charge in [-0.15, -0.1) is 0 Å². The number of nitrogens with zero attached hydrogens (tertiary/aromatic N) is 5. The molecule has 3 fully saturated rings. The molecule has 10 heteroatoms. The van der Waals surface area contributed by atoms with Crippen molar-refractivity contribution in [3.05, 3.63) is 24.4 Å². The van der Waals surface area contributed by atoms with Crippen molar-refractivity contribution in [2.75, 3.05) is 55.7 Å². The number of hydrogen-bond acceptors (Lipinski definition) is 7. The Morgan fingerprint density at radius 2 is 1.79 bits per heavy atom. The zero-order chi connectivity index (χ0) is 23.9. The number of rotatable bonds is 4. The number of fused-ring (bicyclic) bond motifs is 1. The summed E-state index contributed by atoms with van der Waals surface area (Å²) in [6, 6.07) is 6.42. The number of anilines is 2. The molecule has 3 aliphatic rings. The number of piperidine rings is 2. The number of likely N-dealkylation sites (tertiary alicyclic amines) is 1. The molecule has 3 saturated heterocycles. The zero-order valence-corrected chi connectivity index (χ0v) is 20.9. The molecule has 0 radical (unpaired) electrons. The number of nitrogens with one attached hydrogen (secondary N) is 1. The second-order valence-corrected chi connectivity index (χ2v) is 12.1. The topological polar surface area (TPSA) is 98.7 Å². The van der Waals surface area contributed by atoms with E-state index in [1.807, 2.05) is 17.2 Å². The van der Waals surface area contributed by atoms with Crippen molar-refractivity contribution < 1.29 is 13.2 Å². The summed E-state index contributed by atoms with van der Waals surface area (Å²) in [5.41, 5.74) is 2.36. The van der Waals surface area contributed by atoms with Crippen molar-refractivity contribution in [2.24, 2.45) is 5.41 Å². The first kappa shape index (κ1) is 23.3. The lowest BCUT2D eigenvalue weighted by Crippen LogP contribution is -2.43. The molecule has 4 heterocycles. The maximum atomic E-state index is 11.8. The SMILES string of the molecule is CC(=O)N1CCC2(CC1)CCN(c1cccc3cnc(NC4CCN(S(C)(=O)=O)CC4)nc13)C2. The van der Waals surface area contributed by atoms with E-state index in [0.29, 0.717) is 19.0 Å². The Hall–Kier alpha value is -2.46. The first-order valence-corrected chi connectivity index (χ1v) is 14.1. The minimum Gasteiger partial charge on any atom is -0.369 e. The molecule has 5 rings (SSSR count). The molecule has 9 nitrogen and oxygen atoms in total. The summed E-state index contributed by atoms with van der Waals surface area (Å²) < 4.78 is 25.1. The lowest BCUT2D eigenvalue weighted by atomic mass is 9.78. The van der Waals surface area contributed by atoms with Gasteiger partial charge >= 0.3 is 0 Å². The Morgan fingerprint density at radius 1 is 1.09 bits per heavy atom. The summed E-state index contributed by atoms with van der Waals surface area (Å²) in [6.07, 6.45) is 7.87. The third kappa shape index (κ3) is 4.70. The molecular formula is C24H34N6O3S. The van der Waals surface area contributed by atoms with Gasteiger partial charge in [-0.3, -0.25) is 4.79 Å². The molecule has 34 heavy (non-hydrogen) atoms. The fourth-order valence-electron chi connectivity index (χ4n) is 5.72. The van der Waals surface area contributed by atoms with Crippen LogP contribution in [0.3, 0.4) is 0 Å². The van der Waals surface area contributed by atoms with Crippen LogP contribution in [0.2, 0.25) is 0 Å². The van der Waals surface area contributed by atoms with Gasteiger partial charge in [-0.05, 0) is 43.6 Å². The van der Waals surface area contributed by atoms with Crippen LogP contribution in [-0.2, 0) is 14.8 Å². The van der Waals surface area contributed by atoms with E-state index in [4.69, 9.17) is 4.98 Å². The largest absolute Gasteiger partial charge is 0.369 e. The Bertz CT molecular complexity index is 1170. The Balaban J connectivity index is 1.30. The quantitative estimate of drug-likeness (QED) is 0.708. The van der Waals surface area contributed by atoms with E-state index in [1.54, 1.807) is 6.92 Å². The van der Waals surface area contributed by atoms with Gasteiger partial charge in [0.15, 0.2) is 0 Å². The van der Waals surface area contributed by atoms with Crippen molar-refractivity contribution in [2.45, 2.75) is 45.1 Å². The van der Waals surface area contributed by atoms with Crippen molar-refractivity contribution in [1.29, 1.82) is 0 Å². The van der Waals surface area contributed by atoms with Crippen LogP contribution in [0.1, 0.15) is 39.0 Å². The van der Waals surface area contributed by atoms with Crippen LogP contribution >= 0.6 is 0 Å². The van der Waals surface area contributed by atoms with Gasteiger partial charge in [0.2, 0.25) is 21.9 Å². The van der Waals surface area contributed by atoms with Gasteiger partial charge in [0, 0.05) is 63.8 Å². The summed E-state index contributed by atoms with van der Waals surface area (Å²) in [6.45, 7) is 6.40. The number of amides is 1. The molecule has 1 amide bonds. The Labute approximate surface area is 201 Å². The summed E-state index contributed by atoms with van der Waals surface area (Å²) >= 11 is 0. The number of para-hydroxylation sites is 1. The van der Waals surface area contributed by atoms with Crippen molar-refractivity contribution in [1.82, 2.24) is 19.2 Å². The van der Waals surface area contributed by atoms with Gasteiger partial charge in [-0.2, -0.15) is 0 Å². The number of benzene rings is 1. The average Bonchev–Trinajstić information content (AvgIpc) is 3.22. The smallest absolute Gasteiger partial charge is 0.223 e. The monoisotopic (exact) mass is 486 g/mol. The van der Waals surface area contributed by atoms with Crippen LogP contribution in [0.5, 0.6) is 0 Å². The van der Waals surface area contributed by atoms with E-state index in [9.17, 15) is 13.2 Å². The second kappa shape index (κ2) is 8.96. The molecule has 1 spiro atoms. The van der Waals surface area contributed by atoms with Crippen LogP contribution in [0.25, 0.3) is 10.9 Å². The molecule has 0 atom stereocenters. The van der Waals surface area contributed by atoms with Crippen molar-refractivity contribution in [3.63, 3.8) is 0 Å². The van der Waals surface area contributed by atoms with E-state index < -0.39 is 10.0 Å². The van der Waals surface area contributed by atoms with Crippen LogP contribution in [-0.4, -0.2) is 85.1 Å². The molecule has 1 aromatic carbocycles. The highest BCUT2D eigenvalue weighted by Crippen LogP contribution is 2.43. The van der Waals surface area contributed by atoms with Gasteiger partial charge in [-0.1, -0.05) is 12.1 Å². The zero-order valence-electron chi connectivity index (χ0n) is 20.0. The highest BCUT2D eigenvalue weighted by molar-refractivity contribution is 7.88. The highest BCUT2D eigenvalue weighted by Gasteiger charge is 2.41. The highest BCUT2D eigenvalue weighted by atomic mass is 32.2. The maximum Gasteiger partial charge on any atom is 0.223 e. The van der Waals surface area contributed by atoms with E-state index >= 15 is 0 Å². The summed E-state index contributed by atoms with van der Waals surface area (Å²) in [4.78, 5) is 25.6. The molecular weight excluding hydrogens is 452 g/mol. The number of aromatic nitrogens is 2. The van der Waals surface area contributed by atoms with Crippen LogP contribution in [0.4, 0.5) is 11.6 Å². The molecule has 184 valence electrons. The molecule has 1 aromatic heterocycles. The predicted molar refractivity (Wildman–Crippen MR) is 133 cm³/mol. The molecule has 0 saturated carbocycles. The van der Waals surface area contributed by atoms with Crippen molar-refractivity contribution >= 4 is 38.5 Å². The first-order chi connectivity index (χ1) is 16.2. The molecule has 1 N–H and O–H groups in total. The average molecular weight is 487 g/mol. The standard InChI is InChI=1S/C24H34N6O3S/c1-18(31)28-13-8-24(9-14-28)10-15-29(17-24)21-5-3-4-19-16-25-23(27-22(19)21)26-20-6-11-30(12-7-20)34(2,32)33/h3-5,16,20H,6-15,17H2,1-2H3,(H,25,26,27). The third-order valence-corrected chi connectivity index (χ3v) is 9.20. The van der Waals surface area contributed by atoms with Gasteiger partial charge in [0.1, 0.15) is 0 Å². The number of carbonyl (C=O) groups excluding carboxylic acids is 1. The third-order valence-electron chi connectivity index (χ3n) is 7.89. The summed E-state index contributed by atoms with van der Waals surface area (Å²) in [5.74, 6) is 0.777. The number of carbonyl (C=O) groups is 1. The van der Waals surface area contributed by atoms with E-state index in [2.05, 4.69) is 27.3 Å². The number of sulfonamides is 1. The lowest BCUT2D eigenvalue weighted by Gasteiger charge is -2.39. The van der Waals surface area contributed by atoms with Crippen molar-refractivity contribution in [3.8, 4) is 0 Å². The molecule has 0 unspecified atom stereocenters. The normalized spacial score (nSPS) is 21.9. The minimum absolute atomic E-state index is 0.157. The molecule has 3 aliphatic heterocycles. The summed E-state index contributed by atoms with van der Waals surface area (Å²) in [7, 11) is -3.14. The van der Waals surface area contributed by atoms with E-state index in [0.717, 1.165) is 74.9 Å². The fourth-order valence-corrected chi connectivity index (χ4v) is 6.60. The number of hydrogen-bond donors (Lipinski definition) is 1. The summed E-state index contributed by atoms with van der Waals surface area (Å²) in [5, 5.41) is 4.45.